The number of ether oxygens (including phenoxy) is 1. The summed E-state index contributed by atoms with van der Waals surface area (Å²) in [5.41, 5.74) is 0.610. The van der Waals surface area contributed by atoms with E-state index in [0.29, 0.717) is 10.2 Å². The average molecular weight is 312 g/mol. The Balaban J connectivity index is 2.63. The second-order valence-electron chi connectivity index (χ2n) is 3.24. The molecule has 1 aromatic carbocycles. The smallest absolute Gasteiger partial charge is 0.387 e. The first-order chi connectivity index (χ1) is 8.02. The molecule has 0 aliphatic rings. The van der Waals surface area contributed by atoms with Gasteiger partial charge >= 0.3 is 6.61 Å². The summed E-state index contributed by atoms with van der Waals surface area (Å²) >= 11 is 3.18. The topological polar surface area (TPSA) is 61.7 Å². The zero-order valence-corrected chi connectivity index (χ0v) is 10.3. The van der Waals surface area contributed by atoms with E-state index in [-0.39, 0.29) is 18.9 Å². The van der Waals surface area contributed by atoms with Crippen molar-refractivity contribution in [1.82, 2.24) is 0 Å². The molecule has 0 heterocycles. The van der Waals surface area contributed by atoms with E-state index in [0.717, 1.165) is 0 Å². The molecule has 4 nitrogen and oxygen atoms in total. The molecule has 1 atom stereocenters. The van der Waals surface area contributed by atoms with Crippen LogP contribution in [0, 0.1) is 0 Å². The van der Waals surface area contributed by atoms with Gasteiger partial charge in [0.2, 0.25) is 0 Å². The fourth-order valence-corrected chi connectivity index (χ4v) is 1.61. The molecular weight excluding hydrogens is 300 g/mol. The second kappa shape index (κ2) is 6.73. The van der Waals surface area contributed by atoms with E-state index < -0.39 is 12.7 Å². The van der Waals surface area contributed by atoms with Gasteiger partial charge in [0.25, 0.3) is 0 Å². The van der Waals surface area contributed by atoms with Crippen LogP contribution < -0.4 is 10.1 Å². The number of nitrogens with one attached hydrogen (secondary N) is 1. The molecule has 0 aliphatic carbocycles. The highest BCUT2D eigenvalue weighted by Gasteiger charge is 2.08. The van der Waals surface area contributed by atoms with Crippen LogP contribution >= 0.6 is 15.9 Å². The van der Waals surface area contributed by atoms with Crippen molar-refractivity contribution < 1.29 is 23.7 Å². The molecule has 0 bridgehead atoms. The molecule has 7 heteroatoms. The summed E-state index contributed by atoms with van der Waals surface area (Å²) in [6.07, 6.45) is -0.876. The number of hydrogen-bond donors (Lipinski definition) is 3. The van der Waals surface area contributed by atoms with Crippen LogP contribution in [0.25, 0.3) is 0 Å². The first-order valence-electron chi connectivity index (χ1n) is 4.80. The Kier molecular flexibility index (Phi) is 5.60. The Hall–Kier alpha value is -0.920. The van der Waals surface area contributed by atoms with Gasteiger partial charge in [-0.25, -0.2) is 0 Å². The minimum Gasteiger partial charge on any atom is -0.435 e. The lowest BCUT2D eigenvalue weighted by molar-refractivity contribution is -0.0498. The third-order valence-corrected chi connectivity index (χ3v) is 2.56. The molecule has 17 heavy (non-hydrogen) atoms. The largest absolute Gasteiger partial charge is 0.435 e. The number of aliphatic hydroxyl groups excluding tert-OH is 2. The number of rotatable bonds is 6. The lowest BCUT2D eigenvalue weighted by Gasteiger charge is -2.12. The van der Waals surface area contributed by atoms with Crippen molar-refractivity contribution in [2.24, 2.45) is 0 Å². The fraction of sp³-hybridized carbons (Fsp3) is 0.400. The third kappa shape index (κ3) is 4.84. The predicted octanol–water partition coefficient (Wildman–Crippen LogP) is 1.82. The SMILES string of the molecule is OCC(O)CNc1ccc(OC(F)F)cc1Br. The van der Waals surface area contributed by atoms with Crippen LogP contribution in [0.15, 0.2) is 22.7 Å². The van der Waals surface area contributed by atoms with Crippen LogP contribution in [0.4, 0.5) is 14.5 Å². The number of anilines is 1. The van der Waals surface area contributed by atoms with Gasteiger partial charge in [0.05, 0.1) is 12.7 Å². The monoisotopic (exact) mass is 311 g/mol. The molecule has 0 aromatic heterocycles. The predicted molar refractivity (Wildman–Crippen MR) is 62.4 cm³/mol. The highest BCUT2D eigenvalue weighted by molar-refractivity contribution is 9.10. The molecule has 0 amide bonds. The fourth-order valence-electron chi connectivity index (χ4n) is 1.11. The van der Waals surface area contributed by atoms with Gasteiger partial charge in [-0.05, 0) is 34.1 Å². The number of aliphatic hydroxyl groups is 2. The lowest BCUT2D eigenvalue weighted by atomic mass is 10.3. The Morgan fingerprint density at radius 1 is 1.41 bits per heavy atom. The standard InChI is InChI=1S/C10H12BrF2NO3/c11-8-3-7(17-10(12)13)1-2-9(8)14-4-6(16)5-15/h1-3,6,10,14-16H,4-5H2. The van der Waals surface area contributed by atoms with Crippen LogP contribution in [0.3, 0.4) is 0 Å². The molecule has 0 spiro atoms. The summed E-state index contributed by atoms with van der Waals surface area (Å²) in [4.78, 5) is 0. The highest BCUT2D eigenvalue weighted by atomic mass is 79.9. The molecule has 0 fully saturated rings. The zero-order chi connectivity index (χ0) is 12.8. The van der Waals surface area contributed by atoms with Crippen molar-refractivity contribution in [3.05, 3.63) is 22.7 Å². The number of alkyl halides is 2. The molecule has 3 N–H and O–H groups in total. The highest BCUT2D eigenvalue weighted by Crippen LogP contribution is 2.28. The van der Waals surface area contributed by atoms with Gasteiger partial charge in [-0.2, -0.15) is 8.78 Å². The molecular formula is C10H12BrF2NO3. The normalized spacial score (nSPS) is 12.6. The summed E-state index contributed by atoms with van der Waals surface area (Å²) in [5.74, 6) is 0.0418. The van der Waals surface area contributed by atoms with Crippen LogP contribution in [0.2, 0.25) is 0 Å². The molecule has 1 unspecified atom stereocenters. The van der Waals surface area contributed by atoms with Crippen molar-refractivity contribution in [3.63, 3.8) is 0 Å². The zero-order valence-electron chi connectivity index (χ0n) is 8.74. The summed E-state index contributed by atoms with van der Waals surface area (Å²) in [6.45, 7) is -3.06. The van der Waals surface area contributed by atoms with E-state index in [1.165, 1.54) is 18.2 Å². The van der Waals surface area contributed by atoms with E-state index >= 15 is 0 Å². The molecule has 96 valence electrons. The minimum atomic E-state index is -2.86. The van der Waals surface area contributed by atoms with Crippen molar-refractivity contribution >= 4 is 21.6 Å². The molecule has 0 saturated heterocycles. The molecule has 0 radical (unpaired) electrons. The maximum Gasteiger partial charge on any atom is 0.387 e. The van der Waals surface area contributed by atoms with Gasteiger partial charge in [0, 0.05) is 16.7 Å². The van der Waals surface area contributed by atoms with E-state index in [1.54, 1.807) is 0 Å². The molecule has 1 aromatic rings. The summed E-state index contributed by atoms with van der Waals surface area (Å²) in [7, 11) is 0. The van der Waals surface area contributed by atoms with Crippen molar-refractivity contribution in [3.8, 4) is 5.75 Å². The van der Waals surface area contributed by atoms with Gasteiger partial charge in [-0.15, -0.1) is 0 Å². The van der Waals surface area contributed by atoms with Gasteiger partial charge in [0.15, 0.2) is 0 Å². The quantitative estimate of drug-likeness (QED) is 0.750. The summed E-state index contributed by atoms with van der Waals surface area (Å²) in [6, 6.07) is 4.30. The Labute approximate surface area is 105 Å². The summed E-state index contributed by atoms with van der Waals surface area (Å²) in [5, 5.41) is 20.6. The lowest BCUT2D eigenvalue weighted by Crippen LogP contribution is -2.23. The van der Waals surface area contributed by atoms with Crippen LogP contribution in [0.5, 0.6) is 5.75 Å². The third-order valence-electron chi connectivity index (χ3n) is 1.90. The van der Waals surface area contributed by atoms with E-state index in [2.05, 4.69) is 26.0 Å². The Morgan fingerprint density at radius 2 is 2.12 bits per heavy atom. The number of benzene rings is 1. The number of halogens is 3. The average Bonchev–Trinajstić information content (AvgIpc) is 2.26. The molecule has 0 aliphatic heterocycles. The van der Waals surface area contributed by atoms with Crippen LogP contribution in [-0.4, -0.2) is 36.1 Å². The maximum absolute atomic E-state index is 11.9. The molecule has 0 saturated carbocycles. The van der Waals surface area contributed by atoms with Gasteiger partial charge in [-0.3, -0.25) is 0 Å². The Bertz CT molecular complexity index is 365. The molecule has 1 rings (SSSR count). The van der Waals surface area contributed by atoms with Crippen molar-refractivity contribution in [2.45, 2.75) is 12.7 Å². The van der Waals surface area contributed by atoms with Gasteiger partial charge < -0.3 is 20.3 Å². The van der Waals surface area contributed by atoms with Crippen molar-refractivity contribution in [1.29, 1.82) is 0 Å². The number of hydrogen-bond acceptors (Lipinski definition) is 4. The van der Waals surface area contributed by atoms with Crippen molar-refractivity contribution in [2.75, 3.05) is 18.5 Å². The van der Waals surface area contributed by atoms with Gasteiger partial charge in [0.1, 0.15) is 5.75 Å². The second-order valence-corrected chi connectivity index (χ2v) is 4.09. The van der Waals surface area contributed by atoms with Crippen LogP contribution in [0.1, 0.15) is 0 Å². The summed E-state index contributed by atoms with van der Waals surface area (Å²) < 4.78 is 28.6. The minimum absolute atomic E-state index is 0.0418. The van der Waals surface area contributed by atoms with Crippen LogP contribution in [-0.2, 0) is 0 Å². The van der Waals surface area contributed by atoms with E-state index in [4.69, 9.17) is 10.2 Å². The Morgan fingerprint density at radius 3 is 2.65 bits per heavy atom. The van der Waals surface area contributed by atoms with E-state index in [1.807, 2.05) is 0 Å². The first kappa shape index (κ1) is 14.1. The van der Waals surface area contributed by atoms with E-state index in [9.17, 15) is 8.78 Å². The first-order valence-corrected chi connectivity index (χ1v) is 5.59. The maximum atomic E-state index is 11.9. The van der Waals surface area contributed by atoms with Gasteiger partial charge in [-0.1, -0.05) is 0 Å².